The van der Waals surface area contributed by atoms with Crippen LogP contribution in [0.3, 0.4) is 0 Å². The molecule has 0 spiro atoms. The fourth-order valence-electron chi connectivity index (χ4n) is 4.32. The van der Waals surface area contributed by atoms with Gasteiger partial charge in [-0.2, -0.15) is 4.31 Å². The molecule has 0 bridgehead atoms. The molecule has 1 fully saturated rings. The van der Waals surface area contributed by atoms with Gasteiger partial charge in [-0.3, -0.25) is 4.79 Å². The van der Waals surface area contributed by atoms with E-state index in [-0.39, 0.29) is 10.8 Å². The molecule has 0 N–H and O–H groups in total. The second-order valence-corrected chi connectivity index (χ2v) is 10.2. The molecule has 1 saturated heterocycles. The molecule has 2 aromatic carbocycles. The number of rotatable bonds is 4. The van der Waals surface area contributed by atoms with Gasteiger partial charge < -0.3 is 14.5 Å². The molecule has 0 radical (unpaired) electrons. The number of hydrogen-bond acceptors (Lipinski definition) is 5. The van der Waals surface area contributed by atoms with Gasteiger partial charge in [0.05, 0.1) is 23.1 Å². The van der Waals surface area contributed by atoms with Crippen molar-refractivity contribution < 1.29 is 17.9 Å². The summed E-state index contributed by atoms with van der Waals surface area (Å²) in [5, 5.41) is 0. The van der Waals surface area contributed by atoms with Crippen molar-refractivity contribution >= 4 is 27.3 Å². The van der Waals surface area contributed by atoms with Crippen molar-refractivity contribution in [3.63, 3.8) is 0 Å². The Bertz CT molecular complexity index is 1090. The smallest absolute Gasteiger partial charge is 0.243 e. The maximum Gasteiger partial charge on any atom is 0.243 e. The molecule has 8 heteroatoms. The number of para-hydroxylation sites is 2. The number of sulfonamides is 1. The zero-order valence-corrected chi connectivity index (χ0v) is 18.6. The van der Waals surface area contributed by atoms with Crippen molar-refractivity contribution in [2.24, 2.45) is 0 Å². The molecule has 1 amide bonds. The summed E-state index contributed by atoms with van der Waals surface area (Å²) in [4.78, 5) is 16.5. The SMILES string of the molecule is COc1ccccc1N1CCN(S(=O)(=O)c2ccc3c(c2)C(C)(C)C(=O)N3C)CC1. The van der Waals surface area contributed by atoms with Gasteiger partial charge in [0, 0.05) is 38.9 Å². The molecule has 0 aliphatic carbocycles. The van der Waals surface area contributed by atoms with E-state index in [0.717, 1.165) is 22.7 Å². The summed E-state index contributed by atoms with van der Waals surface area (Å²) in [6.07, 6.45) is 0. The van der Waals surface area contributed by atoms with Crippen LogP contribution in [0.2, 0.25) is 0 Å². The molecule has 2 aromatic rings. The first kappa shape index (κ1) is 20.7. The average Bonchev–Trinajstić information content (AvgIpc) is 2.93. The van der Waals surface area contributed by atoms with E-state index in [1.54, 1.807) is 37.3 Å². The highest BCUT2D eigenvalue weighted by Gasteiger charge is 2.43. The maximum absolute atomic E-state index is 13.3. The molecule has 0 aromatic heterocycles. The van der Waals surface area contributed by atoms with Crippen LogP contribution < -0.4 is 14.5 Å². The van der Waals surface area contributed by atoms with Gasteiger partial charge in [0.25, 0.3) is 0 Å². The van der Waals surface area contributed by atoms with Crippen LogP contribution in [0, 0.1) is 0 Å². The third-order valence-electron chi connectivity index (χ3n) is 6.14. The van der Waals surface area contributed by atoms with Gasteiger partial charge in [0.1, 0.15) is 5.75 Å². The lowest BCUT2D eigenvalue weighted by Crippen LogP contribution is -2.48. The number of ether oxygens (including phenoxy) is 1. The third-order valence-corrected chi connectivity index (χ3v) is 8.04. The number of hydrogen-bond donors (Lipinski definition) is 0. The molecule has 7 nitrogen and oxygen atoms in total. The molecule has 30 heavy (non-hydrogen) atoms. The van der Waals surface area contributed by atoms with Gasteiger partial charge >= 0.3 is 0 Å². The van der Waals surface area contributed by atoms with Crippen molar-refractivity contribution in [1.82, 2.24) is 4.31 Å². The summed E-state index contributed by atoms with van der Waals surface area (Å²) in [6, 6.07) is 12.8. The minimum Gasteiger partial charge on any atom is -0.495 e. The second kappa shape index (κ2) is 7.28. The lowest BCUT2D eigenvalue weighted by molar-refractivity contribution is -0.121. The summed E-state index contributed by atoms with van der Waals surface area (Å²) < 4.78 is 33.6. The van der Waals surface area contributed by atoms with Gasteiger partial charge in [-0.15, -0.1) is 0 Å². The number of benzene rings is 2. The van der Waals surface area contributed by atoms with Crippen LogP contribution in [0.5, 0.6) is 5.75 Å². The largest absolute Gasteiger partial charge is 0.495 e. The van der Waals surface area contributed by atoms with Gasteiger partial charge in [-0.25, -0.2) is 8.42 Å². The van der Waals surface area contributed by atoms with Crippen molar-refractivity contribution in [3.05, 3.63) is 48.0 Å². The first-order valence-corrected chi connectivity index (χ1v) is 11.4. The second-order valence-electron chi connectivity index (χ2n) is 8.23. The number of fused-ring (bicyclic) bond motifs is 1. The molecule has 160 valence electrons. The minimum atomic E-state index is -3.64. The van der Waals surface area contributed by atoms with Gasteiger partial charge in [0.2, 0.25) is 15.9 Å². The van der Waals surface area contributed by atoms with E-state index in [9.17, 15) is 13.2 Å². The van der Waals surface area contributed by atoms with Crippen LogP contribution in [0.25, 0.3) is 0 Å². The number of anilines is 2. The molecular weight excluding hydrogens is 402 g/mol. The van der Waals surface area contributed by atoms with Crippen molar-refractivity contribution in [2.45, 2.75) is 24.2 Å². The van der Waals surface area contributed by atoms with Gasteiger partial charge in [0.15, 0.2) is 0 Å². The van der Waals surface area contributed by atoms with E-state index in [1.165, 1.54) is 4.31 Å². The summed E-state index contributed by atoms with van der Waals surface area (Å²) in [6.45, 7) is 5.61. The first-order chi connectivity index (χ1) is 14.2. The van der Waals surface area contributed by atoms with Crippen molar-refractivity contribution in [3.8, 4) is 5.75 Å². The van der Waals surface area contributed by atoms with Crippen LogP contribution in [-0.2, 0) is 20.2 Å². The van der Waals surface area contributed by atoms with E-state index < -0.39 is 15.4 Å². The van der Waals surface area contributed by atoms with E-state index in [2.05, 4.69) is 4.90 Å². The minimum absolute atomic E-state index is 0.0301. The van der Waals surface area contributed by atoms with Crippen LogP contribution >= 0.6 is 0 Å². The number of methoxy groups -OCH3 is 1. The average molecular weight is 430 g/mol. The lowest BCUT2D eigenvalue weighted by atomic mass is 9.86. The van der Waals surface area contributed by atoms with Crippen LogP contribution in [0.4, 0.5) is 11.4 Å². The topological polar surface area (TPSA) is 70.2 Å². The Hall–Kier alpha value is -2.58. The quantitative estimate of drug-likeness (QED) is 0.747. The predicted molar refractivity (Wildman–Crippen MR) is 117 cm³/mol. The van der Waals surface area contributed by atoms with E-state index >= 15 is 0 Å². The molecular formula is C22H27N3O4S. The highest BCUT2D eigenvalue weighted by Crippen LogP contribution is 2.42. The standard InChI is InChI=1S/C22H27N3O4S/c1-22(2)17-15-16(9-10-18(17)23(3)21(22)26)30(27,28)25-13-11-24(12-14-25)19-7-5-6-8-20(19)29-4/h5-10,15H,11-14H2,1-4H3. The number of likely N-dealkylation sites (N-methyl/N-ethyl adjacent to an activating group) is 1. The van der Waals surface area contributed by atoms with E-state index in [1.807, 2.05) is 38.1 Å². The fraction of sp³-hybridized carbons (Fsp3) is 0.409. The molecule has 2 aliphatic heterocycles. The Labute approximate surface area is 177 Å². The maximum atomic E-state index is 13.3. The van der Waals surface area contributed by atoms with Crippen molar-refractivity contribution in [1.29, 1.82) is 0 Å². The Morgan fingerprint density at radius 2 is 1.63 bits per heavy atom. The Morgan fingerprint density at radius 1 is 0.967 bits per heavy atom. The summed E-state index contributed by atoms with van der Waals surface area (Å²) in [5.41, 5.74) is 1.75. The number of carbonyl (C=O) groups excluding carboxylic acids is 1. The molecule has 4 rings (SSSR count). The van der Waals surface area contributed by atoms with Crippen LogP contribution in [-0.4, -0.2) is 59.0 Å². The predicted octanol–water partition coefficient (Wildman–Crippen LogP) is 2.46. The lowest BCUT2D eigenvalue weighted by Gasteiger charge is -2.36. The number of piperazine rings is 1. The zero-order chi connectivity index (χ0) is 21.7. The summed E-state index contributed by atoms with van der Waals surface area (Å²) >= 11 is 0. The van der Waals surface area contributed by atoms with Gasteiger partial charge in [-0.05, 0) is 49.7 Å². The van der Waals surface area contributed by atoms with Crippen molar-refractivity contribution in [2.75, 3.05) is 50.1 Å². The van der Waals surface area contributed by atoms with Gasteiger partial charge in [-0.1, -0.05) is 12.1 Å². The fourth-order valence-corrected chi connectivity index (χ4v) is 5.77. The molecule has 0 saturated carbocycles. The van der Waals surface area contributed by atoms with E-state index in [0.29, 0.717) is 26.2 Å². The van der Waals surface area contributed by atoms with E-state index in [4.69, 9.17) is 4.74 Å². The Balaban J connectivity index is 1.56. The zero-order valence-electron chi connectivity index (χ0n) is 17.8. The van der Waals surface area contributed by atoms with Crippen LogP contribution in [0.1, 0.15) is 19.4 Å². The molecule has 0 unspecified atom stereocenters. The number of carbonyl (C=O) groups is 1. The Morgan fingerprint density at radius 3 is 2.30 bits per heavy atom. The number of amides is 1. The highest BCUT2D eigenvalue weighted by atomic mass is 32.2. The third kappa shape index (κ3) is 3.15. The summed E-state index contributed by atoms with van der Waals surface area (Å²) in [5.74, 6) is 0.751. The highest BCUT2D eigenvalue weighted by molar-refractivity contribution is 7.89. The number of nitrogens with zero attached hydrogens (tertiary/aromatic N) is 3. The molecule has 0 atom stereocenters. The van der Waals surface area contributed by atoms with Crippen LogP contribution in [0.15, 0.2) is 47.4 Å². The Kier molecular flexibility index (Phi) is 5.02. The normalized spacial score (nSPS) is 19.1. The summed E-state index contributed by atoms with van der Waals surface area (Å²) in [7, 11) is -0.285. The molecule has 2 aliphatic rings. The monoisotopic (exact) mass is 429 g/mol. The first-order valence-electron chi connectivity index (χ1n) is 9.98. The molecule has 2 heterocycles.